The van der Waals surface area contributed by atoms with Gasteiger partial charge in [0, 0.05) is 6.07 Å². The Morgan fingerprint density at radius 2 is 2.28 bits per heavy atom. The quantitative estimate of drug-likeness (QED) is 0.531. The second-order valence-corrected chi connectivity index (χ2v) is 6.42. The first-order valence-corrected chi connectivity index (χ1v) is 7.59. The SMILES string of the molecule is COc1ccc2c[s+](Sc3nnn(C)n3)nc2n1. The molecule has 3 aromatic heterocycles. The lowest BCUT2D eigenvalue weighted by Gasteiger charge is -1.93. The zero-order valence-corrected chi connectivity index (χ0v) is 11.3. The van der Waals surface area contributed by atoms with Gasteiger partial charge in [-0.1, -0.05) is 5.10 Å². The Labute approximate surface area is 109 Å². The Bertz CT molecular complexity index is 693. The standard InChI is InChI=1S/C9H9N6OS2/c1-15-12-9(11-14-15)17-18-5-6-3-4-7(16-2)10-8(6)13-18/h3-5H,1-2H3/q+1. The van der Waals surface area contributed by atoms with E-state index in [9.17, 15) is 0 Å². The molecule has 0 fully saturated rings. The number of aryl methyl sites for hydroxylation is 1. The van der Waals surface area contributed by atoms with Crippen LogP contribution in [0, 0.1) is 0 Å². The minimum absolute atomic E-state index is 0.351. The molecule has 3 aromatic rings. The Morgan fingerprint density at radius 3 is 3.00 bits per heavy atom. The molecular weight excluding hydrogens is 272 g/mol. The maximum atomic E-state index is 5.07. The number of rotatable bonds is 3. The van der Waals surface area contributed by atoms with Gasteiger partial charge in [0.2, 0.25) is 22.3 Å². The largest absolute Gasteiger partial charge is 0.481 e. The molecule has 0 amide bonds. The summed E-state index contributed by atoms with van der Waals surface area (Å²) in [6.45, 7) is 0. The van der Waals surface area contributed by atoms with Gasteiger partial charge in [0.05, 0.1) is 19.5 Å². The third-order valence-electron chi connectivity index (χ3n) is 2.14. The van der Waals surface area contributed by atoms with E-state index < -0.39 is 0 Å². The molecular formula is C9H9N6OS2+. The minimum Gasteiger partial charge on any atom is -0.481 e. The highest BCUT2D eigenvalue weighted by atomic mass is 33.1. The molecule has 7 nitrogen and oxygen atoms in total. The van der Waals surface area contributed by atoms with Crippen LogP contribution < -0.4 is 4.74 Å². The van der Waals surface area contributed by atoms with Gasteiger partial charge >= 0.3 is 0 Å². The van der Waals surface area contributed by atoms with Gasteiger partial charge in [-0.15, -0.1) is 5.10 Å². The summed E-state index contributed by atoms with van der Waals surface area (Å²) in [5.74, 6) is 0.568. The molecule has 0 aliphatic carbocycles. The molecule has 0 aliphatic heterocycles. The van der Waals surface area contributed by atoms with Crippen LogP contribution in [0.4, 0.5) is 0 Å². The summed E-state index contributed by atoms with van der Waals surface area (Å²) < 4.78 is 9.56. The van der Waals surface area contributed by atoms with Crippen LogP contribution in [0.5, 0.6) is 5.88 Å². The zero-order valence-electron chi connectivity index (χ0n) is 9.64. The average Bonchev–Trinajstić information content (AvgIpc) is 2.94. The Hall–Kier alpha value is -1.74. The van der Waals surface area contributed by atoms with E-state index in [0.29, 0.717) is 16.7 Å². The predicted octanol–water partition coefficient (Wildman–Crippen LogP) is 1.47. The first-order valence-electron chi connectivity index (χ1n) is 5.02. The highest BCUT2D eigenvalue weighted by Gasteiger charge is 2.19. The van der Waals surface area contributed by atoms with Gasteiger partial charge < -0.3 is 4.74 Å². The van der Waals surface area contributed by atoms with Crippen LogP contribution in [0.25, 0.3) is 11.0 Å². The van der Waals surface area contributed by atoms with Crippen LogP contribution >= 0.6 is 20.5 Å². The molecule has 1 atom stereocenters. The van der Waals surface area contributed by atoms with Gasteiger partial charge in [-0.25, -0.2) is 0 Å². The third-order valence-corrected chi connectivity index (χ3v) is 4.91. The lowest BCUT2D eigenvalue weighted by atomic mass is 10.4. The van der Waals surface area contributed by atoms with Crippen LogP contribution in [-0.2, 0) is 7.05 Å². The maximum Gasteiger partial charge on any atom is 0.289 e. The fourth-order valence-corrected chi connectivity index (χ4v) is 4.03. The third kappa shape index (κ3) is 2.14. The topological polar surface area (TPSA) is 78.6 Å². The van der Waals surface area contributed by atoms with Crippen LogP contribution in [-0.4, -0.2) is 36.7 Å². The van der Waals surface area contributed by atoms with E-state index >= 15 is 0 Å². The summed E-state index contributed by atoms with van der Waals surface area (Å²) in [6.07, 6.45) is 0. The van der Waals surface area contributed by atoms with E-state index in [-0.39, 0.29) is 9.70 Å². The van der Waals surface area contributed by atoms with Gasteiger partial charge in [-0.3, -0.25) is 0 Å². The number of methoxy groups -OCH3 is 1. The molecule has 92 valence electrons. The monoisotopic (exact) mass is 281 g/mol. The predicted molar refractivity (Wildman–Crippen MR) is 68.6 cm³/mol. The fourth-order valence-electron chi connectivity index (χ4n) is 1.36. The van der Waals surface area contributed by atoms with E-state index in [1.807, 2.05) is 17.5 Å². The molecule has 0 aromatic carbocycles. The molecule has 3 heterocycles. The van der Waals surface area contributed by atoms with E-state index in [1.165, 1.54) is 15.6 Å². The minimum atomic E-state index is -0.351. The second kappa shape index (κ2) is 4.50. The number of fused-ring (bicyclic) bond motifs is 1. The summed E-state index contributed by atoms with van der Waals surface area (Å²) in [5.41, 5.74) is 0.703. The van der Waals surface area contributed by atoms with Crippen molar-refractivity contribution in [1.82, 2.24) is 29.6 Å². The first kappa shape index (κ1) is 11.4. The van der Waals surface area contributed by atoms with Crippen LogP contribution in [0.2, 0.25) is 0 Å². The number of hydrogen-bond acceptors (Lipinski definition) is 7. The fraction of sp³-hybridized carbons (Fsp3) is 0.222. The molecule has 0 saturated carbocycles. The van der Waals surface area contributed by atoms with E-state index in [2.05, 4.69) is 24.8 Å². The van der Waals surface area contributed by atoms with Crippen molar-refractivity contribution in [2.45, 2.75) is 5.16 Å². The van der Waals surface area contributed by atoms with Crippen LogP contribution in [0.15, 0.2) is 22.7 Å². The van der Waals surface area contributed by atoms with E-state index in [1.54, 1.807) is 14.2 Å². The molecule has 1 unspecified atom stereocenters. The number of tetrazole rings is 1. The Morgan fingerprint density at radius 1 is 1.39 bits per heavy atom. The van der Waals surface area contributed by atoms with Gasteiger partial charge in [-0.05, 0) is 15.7 Å². The molecule has 0 spiro atoms. The average molecular weight is 281 g/mol. The van der Waals surface area contributed by atoms with Crippen molar-refractivity contribution in [3.8, 4) is 5.88 Å². The number of hydrogen-bond donors (Lipinski definition) is 0. The van der Waals surface area contributed by atoms with Gasteiger partial charge in [0.25, 0.3) is 5.16 Å². The zero-order chi connectivity index (χ0) is 12.5. The first-order chi connectivity index (χ1) is 8.74. The van der Waals surface area contributed by atoms with Crippen molar-refractivity contribution in [2.24, 2.45) is 7.05 Å². The second-order valence-electron chi connectivity index (χ2n) is 3.40. The van der Waals surface area contributed by atoms with Crippen molar-refractivity contribution >= 4 is 31.5 Å². The van der Waals surface area contributed by atoms with Gasteiger partial charge in [-0.2, -0.15) is 9.78 Å². The molecule has 9 heteroatoms. The maximum absolute atomic E-state index is 5.07. The molecule has 0 aliphatic rings. The highest BCUT2D eigenvalue weighted by molar-refractivity contribution is 8.44. The Balaban J connectivity index is 1.93. The van der Waals surface area contributed by atoms with Crippen molar-refractivity contribution in [3.05, 3.63) is 17.5 Å². The number of aromatic nitrogens is 6. The summed E-state index contributed by atoms with van der Waals surface area (Å²) in [4.78, 5) is 5.71. The molecule has 0 saturated heterocycles. The van der Waals surface area contributed by atoms with Crippen LogP contribution in [0.1, 0.15) is 0 Å². The Kier molecular flexibility index (Phi) is 2.84. The van der Waals surface area contributed by atoms with E-state index in [0.717, 1.165) is 5.39 Å². The molecule has 0 bridgehead atoms. The summed E-state index contributed by atoms with van der Waals surface area (Å²) in [7, 11) is 4.43. The van der Waals surface area contributed by atoms with Gasteiger partial charge in [0.1, 0.15) is 0 Å². The van der Waals surface area contributed by atoms with Crippen molar-refractivity contribution < 1.29 is 4.74 Å². The lowest BCUT2D eigenvalue weighted by Crippen LogP contribution is -1.91. The van der Waals surface area contributed by atoms with E-state index in [4.69, 9.17) is 4.74 Å². The summed E-state index contributed by atoms with van der Waals surface area (Å²) in [6, 6.07) is 3.77. The summed E-state index contributed by atoms with van der Waals surface area (Å²) in [5, 5.41) is 15.5. The summed E-state index contributed by atoms with van der Waals surface area (Å²) >= 11 is 0. The normalized spacial score (nSPS) is 12.0. The van der Waals surface area contributed by atoms with Crippen molar-refractivity contribution in [3.63, 3.8) is 0 Å². The highest BCUT2D eigenvalue weighted by Crippen LogP contribution is 2.37. The smallest absolute Gasteiger partial charge is 0.289 e. The number of pyridine rings is 1. The molecule has 18 heavy (non-hydrogen) atoms. The van der Waals surface area contributed by atoms with Gasteiger partial charge in [0.15, 0.2) is 15.1 Å². The van der Waals surface area contributed by atoms with Crippen molar-refractivity contribution in [2.75, 3.05) is 7.11 Å². The number of nitrogens with zero attached hydrogens (tertiary/aromatic N) is 6. The van der Waals surface area contributed by atoms with Crippen LogP contribution in [0.3, 0.4) is 0 Å². The number of ether oxygens (including phenoxy) is 1. The molecule has 3 rings (SSSR count). The molecule has 0 radical (unpaired) electrons. The van der Waals surface area contributed by atoms with Crippen molar-refractivity contribution in [1.29, 1.82) is 0 Å². The molecule has 0 N–H and O–H groups in total. The lowest BCUT2D eigenvalue weighted by molar-refractivity contribution is 0.399.